The molecule has 4 rings (SSSR count). The van der Waals surface area contributed by atoms with E-state index >= 15 is 0 Å². The molecule has 0 spiro atoms. The molecule has 5 heteroatoms. The van der Waals surface area contributed by atoms with Gasteiger partial charge in [0, 0.05) is 18.3 Å². The Bertz CT molecular complexity index is 825. The average Bonchev–Trinajstić information content (AvgIpc) is 3.14. The first-order valence-electron chi connectivity index (χ1n) is 9.84. The number of rotatable bonds is 5. The van der Waals surface area contributed by atoms with E-state index in [0.29, 0.717) is 5.82 Å². The maximum atomic E-state index is 13.7. The minimum absolute atomic E-state index is 0.0218. The van der Waals surface area contributed by atoms with E-state index in [0.717, 1.165) is 37.1 Å². The van der Waals surface area contributed by atoms with Crippen molar-refractivity contribution in [3.05, 3.63) is 59.1 Å². The Morgan fingerprint density at radius 3 is 2.44 bits per heavy atom. The molecule has 1 N–H and O–H groups in total. The van der Waals surface area contributed by atoms with Gasteiger partial charge in [0.25, 0.3) is 0 Å². The number of hydrogen-bond acceptors (Lipinski definition) is 3. The Hall–Kier alpha value is -2.30. The molecule has 0 aromatic carbocycles. The molecule has 2 heterocycles. The molecule has 2 unspecified atom stereocenters. The zero-order valence-electron chi connectivity index (χ0n) is 15.6. The second-order valence-corrected chi connectivity index (χ2v) is 7.66. The smallest absolute Gasteiger partial charge is 0.149 e. The van der Waals surface area contributed by atoms with E-state index in [1.165, 1.54) is 36.8 Å². The van der Waals surface area contributed by atoms with Gasteiger partial charge in [-0.2, -0.15) is 0 Å². The average molecular weight is 369 g/mol. The fourth-order valence-electron chi connectivity index (χ4n) is 4.64. The van der Waals surface area contributed by atoms with Crippen molar-refractivity contribution in [1.82, 2.24) is 9.97 Å². The molecule has 142 valence electrons. The van der Waals surface area contributed by atoms with E-state index in [4.69, 9.17) is 0 Å². The third-order valence-electron chi connectivity index (χ3n) is 6.16. The maximum absolute atomic E-state index is 13.7. The van der Waals surface area contributed by atoms with Gasteiger partial charge >= 0.3 is 0 Å². The molecule has 2 aromatic heterocycles. The summed E-state index contributed by atoms with van der Waals surface area (Å²) in [6.07, 6.45) is 11.5. The monoisotopic (exact) mass is 369 g/mol. The number of aromatic nitrogens is 2. The van der Waals surface area contributed by atoms with Crippen LogP contribution in [0.2, 0.25) is 0 Å². The third-order valence-corrected chi connectivity index (χ3v) is 6.16. The van der Waals surface area contributed by atoms with Crippen molar-refractivity contribution < 1.29 is 8.78 Å². The largest absolute Gasteiger partial charge is 0.366 e. The lowest BCUT2D eigenvalue weighted by Crippen LogP contribution is -2.16. The van der Waals surface area contributed by atoms with Gasteiger partial charge in [0.1, 0.15) is 17.5 Å². The first-order chi connectivity index (χ1) is 13.2. The summed E-state index contributed by atoms with van der Waals surface area (Å²) in [5, 5.41) is 3.00. The number of pyridine rings is 2. The quantitative estimate of drug-likeness (QED) is 0.730. The second kappa shape index (κ2) is 7.75. The lowest BCUT2D eigenvalue weighted by atomic mass is 9.75. The molecule has 2 aliphatic carbocycles. The minimum Gasteiger partial charge on any atom is -0.366 e. The van der Waals surface area contributed by atoms with Crippen molar-refractivity contribution in [2.45, 2.75) is 52.0 Å². The second-order valence-electron chi connectivity index (χ2n) is 7.66. The lowest BCUT2D eigenvalue weighted by molar-refractivity contribution is 0.373. The SMILES string of the molecule is CCC1=C(c2ccc(NCc3c(F)cncc3F)nc2)CC2CCCC2C1. The van der Waals surface area contributed by atoms with Gasteiger partial charge in [0.2, 0.25) is 0 Å². The molecule has 2 aliphatic rings. The number of nitrogens with one attached hydrogen (secondary N) is 1. The fourth-order valence-corrected chi connectivity index (χ4v) is 4.64. The number of anilines is 1. The zero-order valence-corrected chi connectivity index (χ0v) is 15.6. The number of halogens is 2. The van der Waals surface area contributed by atoms with Gasteiger partial charge in [-0.25, -0.2) is 13.8 Å². The van der Waals surface area contributed by atoms with Crippen LogP contribution in [0.1, 0.15) is 56.6 Å². The van der Waals surface area contributed by atoms with E-state index in [9.17, 15) is 8.78 Å². The third kappa shape index (κ3) is 3.73. The highest BCUT2D eigenvalue weighted by Crippen LogP contribution is 2.47. The molecular weight excluding hydrogens is 344 g/mol. The normalized spacial score (nSPS) is 22.0. The molecule has 0 radical (unpaired) electrons. The van der Waals surface area contributed by atoms with Gasteiger partial charge in [-0.3, -0.25) is 4.98 Å². The summed E-state index contributed by atoms with van der Waals surface area (Å²) in [7, 11) is 0. The highest BCUT2D eigenvalue weighted by atomic mass is 19.1. The van der Waals surface area contributed by atoms with Crippen molar-refractivity contribution in [3.63, 3.8) is 0 Å². The van der Waals surface area contributed by atoms with Crippen molar-refractivity contribution in [3.8, 4) is 0 Å². The standard InChI is InChI=1S/C22H25F2N3/c1-2-14-8-15-4-3-5-16(15)9-18(14)17-6-7-22(26-10-17)27-11-19-20(23)12-25-13-21(19)24/h6-7,10,12-13,15-16H,2-5,8-9,11H2,1H3,(H,26,27). The van der Waals surface area contributed by atoms with E-state index in [-0.39, 0.29) is 12.1 Å². The molecule has 0 amide bonds. The Kier molecular flexibility index (Phi) is 5.19. The van der Waals surface area contributed by atoms with Crippen LogP contribution in [-0.4, -0.2) is 9.97 Å². The molecule has 0 bridgehead atoms. The van der Waals surface area contributed by atoms with E-state index in [1.807, 2.05) is 12.3 Å². The highest BCUT2D eigenvalue weighted by molar-refractivity contribution is 5.70. The molecular formula is C22H25F2N3. The predicted molar refractivity (Wildman–Crippen MR) is 103 cm³/mol. The summed E-state index contributed by atoms with van der Waals surface area (Å²) in [6, 6.07) is 3.97. The molecule has 2 atom stereocenters. The molecule has 27 heavy (non-hydrogen) atoms. The van der Waals surface area contributed by atoms with Gasteiger partial charge in [0.05, 0.1) is 12.4 Å². The summed E-state index contributed by atoms with van der Waals surface area (Å²) in [6.45, 7) is 2.28. The van der Waals surface area contributed by atoms with Crippen LogP contribution in [0.5, 0.6) is 0 Å². The van der Waals surface area contributed by atoms with Crippen LogP contribution in [0, 0.1) is 23.5 Å². The lowest BCUT2D eigenvalue weighted by Gasteiger charge is -2.30. The van der Waals surface area contributed by atoms with Crippen molar-refractivity contribution in [1.29, 1.82) is 0 Å². The molecule has 3 nitrogen and oxygen atoms in total. The van der Waals surface area contributed by atoms with E-state index < -0.39 is 11.6 Å². The number of allylic oxidation sites excluding steroid dienone is 2. The number of fused-ring (bicyclic) bond motifs is 1. The van der Waals surface area contributed by atoms with Crippen LogP contribution >= 0.6 is 0 Å². The Labute approximate surface area is 158 Å². The van der Waals surface area contributed by atoms with Crippen LogP contribution in [0.25, 0.3) is 5.57 Å². The first kappa shape index (κ1) is 18.1. The van der Waals surface area contributed by atoms with Crippen molar-refractivity contribution >= 4 is 11.4 Å². The highest BCUT2D eigenvalue weighted by Gasteiger charge is 2.33. The van der Waals surface area contributed by atoms with Crippen LogP contribution in [-0.2, 0) is 6.54 Å². The molecule has 2 aromatic rings. The maximum Gasteiger partial charge on any atom is 0.149 e. The zero-order chi connectivity index (χ0) is 18.8. The van der Waals surface area contributed by atoms with Gasteiger partial charge in [-0.05, 0) is 67.2 Å². The van der Waals surface area contributed by atoms with E-state index in [1.54, 1.807) is 5.57 Å². The topological polar surface area (TPSA) is 37.8 Å². The van der Waals surface area contributed by atoms with Crippen molar-refractivity contribution in [2.24, 2.45) is 11.8 Å². The summed E-state index contributed by atoms with van der Waals surface area (Å²) in [5.41, 5.74) is 4.20. The predicted octanol–water partition coefficient (Wildman–Crippen LogP) is 5.74. The number of nitrogens with zero attached hydrogens (tertiary/aromatic N) is 2. The van der Waals surface area contributed by atoms with Crippen LogP contribution in [0.15, 0.2) is 36.3 Å². The molecule has 1 fully saturated rings. The van der Waals surface area contributed by atoms with Gasteiger partial charge in [-0.1, -0.05) is 18.9 Å². The van der Waals surface area contributed by atoms with Crippen LogP contribution in [0.3, 0.4) is 0 Å². The Morgan fingerprint density at radius 2 is 1.78 bits per heavy atom. The Balaban J connectivity index is 1.48. The molecule has 0 aliphatic heterocycles. The summed E-state index contributed by atoms with van der Waals surface area (Å²) >= 11 is 0. The minimum atomic E-state index is -0.648. The molecule has 1 saturated carbocycles. The van der Waals surface area contributed by atoms with Crippen LogP contribution < -0.4 is 5.32 Å². The van der Waals surface area contributed by atoms with Gasteiger partial charge in [0.15, 0.2) is 0 Å². The summed E-state index contributed by atoms with van der Waals surface area (Å²) < 4.78 is 27.4. The Morgan fingerprint density at radius 1 is 1.04 bits per heavy atom. The van der Waals surface area contributed by atoms with E-state index in [2.05, 4.69) is 28.3 Å². The molecule has 0 saturated heterocycles. The first-order valence-corrected chi connectivity index (χ1v) is 9.84. The number of hydrogen-bond donors (Lipinski definition) is 1. The van der Waals surface area contributed by atoms with Crippen molar-refractivity contribution in [2.75, 3.05) is 5.32 Å². The van der Waals surface area contributed by atoms with Gasteiger partial charge in [-0.15, -0.1) is 0 Å². The fraction of sp³-hybridized carbons (Fsp3) is 0.455. The van der Waals surface area contributed by atoms with Crippen LogP contribution in [0.4, 0.5) is 14.6 Å². The summed E-state index contributed by atoms with van der Waals surface area (Å²) in [5.74, 6) is 1.02. The summed E-state index contributed by atoms with van der Waals surface area (Å²) in [4.78, 5) is 7.98. The van der Waals surface area contributed by atoms with Gasteiger partial charge < -0.3 is 5.32 Å².